The van der Waals surface area contributed by atoms with Gasteiger partial charge in [-0.25, -0.2) is 4.79 Å². The molecule has 0 aromatic carbocycles. The second-order valence-corrected chi connectivity index (χ2v) is 10.7. The van der Waals surface area contributed by atoms with Crippen LogP contribution in [0.5, 0.6) is 0 Å². The highest BCUT2D eigenvalue weighted by Crippen LogP contribution is 2.21. The Morgan fingerprint density at radius 3 is 1.68 bits per heavy atom. The maximum atomic E-state index is 13.6. The molecule has 0 aromatic heterocycles. The number of nitrogens with zero attached hydrogens (tertiary/aromatic N) is 2. The summed E-state index contributed by atoms with van der Waals surface area (Å²) < 4.78 is 5.58. The molecule has 0 radical (unpaired) electrons. The molecule has 0 aliphatic rings. The van der Waals surface area contributed by atoms with Crippen molar-refractivity contribution in [1.29, 1.82) is 0 Å². The molecule has 3 atom stereocenters. The first-order chi connectivity index (χ1) is 14.0. The summed E-state index contributed by atoms with van der Waals surface area (Å²) >= 11 is 0. The van der Waals surface area contributed by atoms with Gasteiger partial charge in [-0.15, -0.1) is 0 Å². The first-order valence-electron chi connectivity index (χ1n) is 11.5. The number of rotatable bonds is 11. The SMILES string of the molecule is CN[C@@H](CC(C)C)C(=O)N(C)[C@@H](CC(C)C)C(=O)N(C)[C@H](C(=O)OC(C)(C)C)C(C)C. The molecule has 0 bridgehead atoms. The van der Waals surface area contributed by atoms with Gasteiger partial charge in [0.1, 0.15) is 17.7 Å². The number of hydrogen-bond donors (Lipinski definition) is 1. The fourth-order valence-corrected chi connectivity index (χ4v) is 3.70. The van der Waals surface area contributed by atoms with Crippen LogP contribution in [0.4, 0.5) is 0 Å². The standard InChI is InChI=1S/C24H47N3O4/c1-15(2)13-18(25-10)21(28)26(11)19(14-16(3)4)22(29)27(12)20(17(5)6)23(30)31-24(7,8)9/h15-20,25H,13-14H2,1-12H3/t18-,19-,20-/m0/s1. The second kappa shape index (κ2) is 12.4. The Bertz CT molecular complexity index is 596. The fourth-order valence-electron chi connectivity index (χ4n) is 3.70. The van der Waals surface area contributed by atoms with Crippen molar-refractivity contribution in [2.75, 3.05) is 21.1 Å². The van der Waals surface area contributed by atoms with Crippen molar-refractivity contribution in [3.8, 4) is 0 Å². The van der Waals surface area contributed by atoms with Crippen molar-refractivity contribution in [3.05, 3.63) is 0 Å². The molecular weight excluding hydrogens is 394 g/mol. The summed E-state index contributed by atoms with van der Waals surface area (Å²) in [6.07, 6.45) is 1.20. The highest BCUT2D eigenvalue weighted by Gasteiger charge is 2.39. The number of likely N-dealkylation sites (N-methyl/N-ethyl adjacent to an activating group) is 3. The van der Waals surface area contributed by atoms with Gasteiger partial charge in [-0.3, -0.25) is 9.59 Å². The van der Waals surface area contributed by atoms with Crippen LogP contribution in [0.2, 0.25) is 0 Å². The summed E-state index contributed by atoms with van der Waals surface area (Å²) in [6.45, 7) is 17.4. The van der Waals surface area contributed by atoms with Crippen LogP contribution in [0.25, 0.3) is 0 Å². The highest BCUT2D eigenvalue weighted by atomic mass is 16.6. The molecule has 0 aliphatic carbocycles. The lowest BCUT2D eigenvalue weighted by molar-refractivity contribution is -0.167. The number of esters is 1. The van der Waals surface area contributed by atoms with Gasteiger partial charge in [-0.2, -0.15) is 0 Å². The number of hydrogen-bond acceptors (Lipinski definition) is 5. The summed E-state index contributed by atoms with van der Waals surface area (Å²) in [5.74, 6) is -0.363. The van der Waals surface area contributed by atoms with Crippen molar-refractivity contribution in [3.63, 3.8) is 0 Å². The maximum Gasteiger partial charge on any atom is 0.329 e. The van der Waals surface area contributed by atoms with Crippen LogP contribution in [0.3, 0.4) is 0 Å². The van der Waals surface area contributed by atoms with Crippen LogP contribution < -0.4 is 5.32 Å². The predicted octanol–water partition coefficient (Wildman–Crippen LogP) is 3.32. The molecular formula is C24H47N3O4. The molecule has 182 valence electrons. The van der Waals surface area contributed by atoms with Gasteiger partial charge in [0.15, 0.2) is 0 Å². The first-order valence-corrected chi connectivity index (χ1v) is 11.5. The lowest BCUT2D eigenvalue weighted by Crippen LogP contribution is -2.57. The Morgan fingerprint density at radius 2 is 1.32 bits per heavy atom. The third kappa shape index (κ3) is 9.58. The zero-order valence-corrected chi connectivity index (χ0v) is 21.9. The number of amides is 2. The van der Waals surface area contributed by atoms with Crippen molar-refractivity contribution in [1.82, 2.24) is 15.1 Å². The summed E-state index contributed by atoms with van der Waals surface area (Å²) in [6, 6.07) is -1.73. The molecule has 0 saturated heterocycles. The predicted molar refractivity (Wildman–Crippen MR) is 126 cm³/mol. The van der Waals surface area contributed by atoms with Gasteiger partial charge in [-0.1, -0.05) is 41.5 Å². The zero-order valence-electron chi connectivity index (χ0n) is 21.9. The Kier molecular flexibility index (Phi) is 11.8. The molecule has 0 aromatic rings. The lowest BCUT2D eigenvalue weighted by Gasteiger charge is -2.38. The lowest BCUT2D eigenvalue weighted by atomic mass is 9.96. The van der Waals surface area contributed by atoms with Crippen molar-refractivity contribution in [2.45, 2.75) is 98.9 Å². The molecule has 7 heteroatoms. The minimum absolute atomic E-state index is 0.109. The topological polar surface area (TPSA) is 79.0 Å². The minimum Gasteiger partial charge on any atom is -0.458 e. The van der Waals surface area contributed by atoms with Crippen molar-refractivity contribution in [2.24, 2.45) is 17.8 Å². The first kappa shape index (κ1) is 29.4. The molecule has 2 amide bonds. The van der Waals surface area contributed by atoms with Crippen LogP contribution in [0.1, 0.15) is 75.2 Å². The molecule has 0 saturated carbocycles. The number of carbonyl (C=O) groups excluding carboxylic acids is 3. The van der Waals surface area contributed by atoms with E-state index in [0.717, 1.165) is 0 Å². The number of ether oxygens (including phenoxy) is 1. The average Bonchev–Trinajstić information content (AvgIpc) is 2.60. The van der Waals surface area contributed by atoms with Gasteiger partial charge in [0.05, 0.1) is 6.04 Å². The molecule has 31 heavy (non-hydrogen) atoms. The van der Waals surface area contributed by atoms with Gasteiger partial charge < -0.3 is 19.9 Å². The van der Waals surface area contributed by atoms with Gasteiger partial charge in [0.2, 0.25) is 11.8 Å². The van der Waals surface area contributed by atoms with E-state index in [1.165, 1.54) is 4.90 Å². The van der Waals surface area contributed by atoms with E-state index in [-0.39, 0.29) is 29.7 Å². The average molecular weight is 442 g/mol. The smallest absolute Gasteiger partial charge is 0.329 e. The molecule has 0 spiro atoms. The molecule has 0 rings (SSSR count). The normalized spacial score (nSPS) is 15.1. The Morgan fingerprint density at radius 1 is 0.839 bits per heavy atom. The van der Waals surface area contributed by atoms with Gasteiger partial charge in [0, 0.05) is 14.1 Å². The van der Waals surface area contributed by atoms with E-state index in [9.17, 15) is 14.4 Å². The maximum absolute atomic E-state index is 13.6. The molecule has 0 fully saturated rings. The third-order valence-corrected chi connectivity index (χ3v) is 5.19. The Labute approximate surface area is 190 Å². The van der Waals surface area contributed by atoms with Crippen LogP contribution in [-0.2, 0) is 19.1 Å². The van der Waals surface area contributed by atoms with E-state index in [4.69, 9.17) is 4.74 Å². The van der Waals surface area contributed by atoms with Crippen molar-refractivity contribution < 1.29 is 19.1 Å². The summed E-state index contributed by atoms with van der Waals surface area (Å²) in [5.41, 5.74) is -0.644. The van der Waals surface area contributed by atoms with E-state index >= 15 is 0 Å². The highest BCUT2D eigenvalue weighted by molar-refractivity contribution is 5.92. The van der Waals surface area contributed by atoms with E-state index in [1.807, 2.05) is 48.5 Å². The van der Waals surface area contributed by atoms with Crippen LogP contribution in [0, 0.1) is 17.8 Å². The molecule has 0 unspecified atom stereocenters. The van der Waals surface area contributed by atoms with Crippen LogP contribution in [-0.4, -0.2) is 72.5 Å². The monoisotopic (exact) mass is 441 g/mol. The summed E-state index contributed by atoms with van der Waals surface area (Å²) in [4.78, 5) is 42.6. The van der Waals surface area contributed by atoms with Gasteiger partial charge >= 0.3 is 5.97 Å². The van der Waals surface area contributed by atoms with Gasteiger partial charge in [-0.05, 0) is 58.4 Å². The second-order valence-electron chi connectivity index (χ2n) is 10.7. The van der Waals surface area contributed by atoms with Crippen LogP contribution >= 0.6 is 0 Å². The fraction of sp³-hybridized carbons (Fsp3) is 0.875. The van der Waals surface area contributed by atoms with Crippen molar-refractivity contribution >= 4 is 17.8 Å². The van der Waals surface area contributed by atoms with E-state index in [0.29, 0.717) is 18.8 Å². The summed E-state index contributed by atoms with van der Waals surface area (Å²) in [7, 11) is 5.08. The number of carbonyl (C=O) groups is 3. The van der Waals surface area contributed by atoms with E-state index in [1.54, 1.807) is 26.0 Å². The Hall–Kier alpha value is -1.63. The molecule has 0 aliphatic heterocycles. The molecule has 1 N–H and O–H groups in total. The van der Waals surface area contributed by atoms with E-state index < -0.39 is 23.7 Å². The zero-order chi connectivity index (χ0) is 24.7. The van der Waals surface area contributed by atoms with E-state index in [2.05, 4.69) is 19.2 Å². The number of nitrogens with one attached hydrogen (secondary N) is 1. The molecule has 0 heterocycles. The quantitative estimate of drug-likeness (QED) is 0.498. The minimum atomic E-state index is -0.722. The summed E-state index contributed by atoms with van der Waals surface area (Å²) in [5, 5.41) is 3.09. The largest absolute Gasteiger partial charge is 0.458 e. The van der Waals surface area contributed by atoms with Crippen LogP contribution in [0.15, 0.2) is 0 Å². The molecule has 7 nitrogen and oxygen atoms in total. The third-order valence-electron chi connectivity index (χ3n) is 5.19. The Balaban J connectivity index is 5.86. The van der Waals surface area contributed by atoms with Gasteiger partial charge in [0.25, 0.3) is 0 Å².